The molecular formula is C24H23FN2O2S. The maximum absolute atomic E-state index is 15.1. The molecule has 0 radical (unpaired) electrons. The summed E-state index contributed by atoms with van der Waals surface area (Å²) in [5, 5.41) is 3.66. The number of aromatic nitrogens is 1. The number of hydrogen-bond acceptors (Lipinski definition) is 4. The largest absolute Gasteiger partial charge is 0.496 e. The van der Waals surface area contributed by atoms with Crippen molar-refractivity contribution in [1.29, 1.82) is 0 Å². The number of H-pyrrole nitrogens is 1. The number of hydrogen-bond donors (Lipinski definition) is 1. The molecule has 5 rings (SSSR count). The Bertz CT molecular complexity index is 1290. The van der Waals surface area contributed by atoms with Gasteiger partial charge in [0.15, 0.2) is 0 Å². The fraction of sp³-hybridized carbons (Fsp3) is 0.292. The first-order valence-electron chi connectivity index (χ1n) is 10.3. The molecule has 30 heavy (non-hydrogen) atoms. The van der Waals surface area contributed by atoms with Gasteiger partial charge in [-0.25, -0.2) is 4.39 Å². The molecule has 0 saturated carbocycles. The Hall–Kier alpha value is -2.70. The van der Waals surface area contributed by atoms with Crippen LogP contribution in [-0.4, -0.2) is 30.1 Å². The molecule has 2 aromatic heterocycles. The van der Waals surface area contributed by atoms with Gasteiger partial charge < -0.3 is 9.72 Å². The minimum atomic E-state index is -0.205. The molecule has 6 heteroatoms. The van der Waals surface area contributed by atoms with Crippen LogP contribution in [0, 0.1) is 5.82 Å². The van der Waals surface area contributed by atoms with Crippen molar-refractivity contribution < 1.29 is 9.13 Å². The van der Waals surface area contributed by atoms with Crippen molar-refractivity contribution in [3.8, 4) is 16.9 Å². The lowest BCUT2D eigenvalue weighted by molar-refractivity contribution is 0.218. The number of nitrogens with one attached hydrogen (secondary N) is 1. The summed E-state index contributed by atoms with van der Waals surface area (Å²) in [4.78, 5) is 17.7. The molecule has 154 valence electrons. The summed E-state index contributed by atoms with van der Waals surface area (Å²) in [7, 11) is 1.61. The fourth-order valence-corrected chi connectivity index (χ4v) is 5.27. The Morgan fingerprint density at radius 2 is 1.97 bits per heavy atom. The Balaban J connectivity index is 1.66. The zero-order valence-corrected chi connectivity index (χ0v) is 17.7. The van der Waals surface area contributed by atoms with E-state index in [2.05, 4.69) is 9.88 Å². The van der Waals surface area contributed by atoms with Gasteiger partial charge in [0.25, 0.3) is 5.56 Å². The summed E-state index contributed by atoms with van der Waals surface area (Å²) in [5.74, 6) is 0.452. The van der Waals surface area contributed by atoms with Gasteiger partial charge in [-0.05, 0) is 61.1 Å². The van der Waals surface area contributed by atoms with Gasteiger partial charge in [-0.3, -0.25) is 9.69 Å². The van der Waals surface area contributed by atoms with E-state index in [1.807, 2.05) is 35.7 Å². The molecule has 4 nitrogen and oxygen atoms in total. The highest BCUT2D eigenvalue weighted by Gasteiger charge is 2.18. The highest BCUT2D eigenvalue weighted by molar-refractivity contribution is 7.17. The number of pyridine rings is 1. The number of halogens is 1. The van der Waals surface area contributed by atoms with Crippen LogP contribution in [0.25, 0.3) is 32.1 Å². The van der Waals surface area contributed by atoms with Crippen LogP contribution in [0.1, 0.15) is 24.8 Å². The van der Waals surface area contributed by atoms with Gasteiger partial charge >= 0.3 is 0 Å². The van der Waals surface area contributed by atoms with E-state index in [4.69, 9.17) is 4.74 Å². The number of thiophene rings is 1. The summed E-state index contributed by atoms with van der Waals surface area (Å²) in [5.41, 5.74) is 2.88. The first-order valence-corrected chi connectivity index (χ1v) is 11.1. The number of ether oxygens (including phenoxy) is 1. The summed E-state index contributed by atoms with van der Waals surface area (Å²) in [6, 6.07) is 11.1. The first-order chi connectivity index (χ1) is 14.7. The average Bonchev–Trinajstić information content (AvgIpc) is 3.26. The molecule has 0 unspecified atom stereocenters. The summed E-state index contributed by atoms with van der Waals surface area (Å²) >= 11 is 1.41. The maximum Gasteiger partial charge on any atom is 0.266 e. The zero-order valence-electron chi connectivity index (χ0n) is 16.8. The molecule has 3 heterocycles. The number of likely N-dealkylation sites (tertiary alicyclic amines) is 1. The zero-order chi connectivity index (χ0) is 20.7. The molecule has 0 amide bonds. The van der Waals surface area contributed by atoms with Crippen LogP contribution in [0.5, 0.6) is 5.75 Å². The summed E-state index contributed by atoms with van der Waals surface area (Å²) < 4.78 is 21.4. The van der Waals surface area contributed by atoms with Gasteiger partial charge in [0.05, 0.1) is 7.11 Å². The Kier molecular flexibility index (Phi) is 5.05. The van der Waals surface area contributed by atoms with E-state index in [-0.39, 0.29) is 11.4 Å². The van der Waals surface area contributed by atoms with Gasteiger partial charge in [0, 0.05) is 34.0 Å². The Morgan fingerprint density at radius 1 is 1.13 bits per heavy atom. The van der Waals surface area contributed by atoms with E-state index in [1.165, 1.54) is 30.6 Å². The van der Waals surface area contributed by atoms with Crippen molar-refractivity contribution >= 4 is 32.3 Å². The normalized spacial score (nSPS) is 15.1. The van der Waals surface area contributed by atoms with Crippen molar-refractivity contribution in [2.45, 2.75) is 25.8 Å². The van der Waals surface area contributed by atoms with Gasteiger partial charge in [-0.2, -0.15) is 0 Å². The third kappa shape index (κ3) is 3.30. The van der Waals surface area contributed by atoms with Crippen LogP contribution in [0.4, 0.5) is 4.39 Å². The standard InChI is InChI=1S/C24H23FN2O2S/c1-29-20-8-7-19-22(17-9-12-30-23(17)24(28)26-19)21(20)15-5-6-16(18(25)13-15)14-27-10-3-2-4-11-27/h5-9,12-13H,2-4,10-11,14H2,1H3,(H,26,28). The number of rotatable bonds is 4. The van der Waals surface area contributed by atoms with Crippen LogP contribution in [0.2, 0.25) is 0 Å². The van der Waals surface area contributed by atoms with Gasteiger partial charge in [0.1, 0.15) is 16.3 Å². The van der Waals surface area contributed by atoms with E-state index in [0.717, 1.165) is 40.5 Å². The lowest BCUT2D eigenvalue weighted by Crippen LogP contribution is -2.29. The SMILES string of the molecule is COc1ccc2[nH]c(=O)c3sccc3c2c1-c1ccc(CN2CCCCC2)c(F)c1. The van der Waals surface area contributed by atoms with Crippen LogP contribution in [0.15, 0.2) is 46.6 Å². The second-order valence-corrected chi connectivity index (χ2v) is 8.74. The van der Waals surface area contributed by atoms with Crippen molar-refractivity contribution in [3.63, 3.8) is 0 Å². The molecule has 1 aliphatic rings. The molecule has 1 fully saturated rings. The fourth-order valence-electron chi connectivity index (χ4n) is 4.47. The van der Waals surface area contributed by atoms with Crippen LogP contribution in [-0.2, 0) is 6.54 Å². The summed E-state index contributed by atoms with van der Waals surface area (Å²) in [6.45, 7) is 2.70. The molecule has 4 aromatic rings. The number of aromatic amines is 1. The monoisotopic (exact) mass is 422 g/mol. The molecule has 0 spiro atoms. The lowest BCUT2D eigenvalue weighted by atomic mass is 9.96. The molecule has 0 bridgehead atoms. The van der Waals surface area contributed by atoms with Gasteiger partial charge in [-0.15, -0.1) is 11.3 Å². The van der Waals surface area contributed by atoms with E-state index < -0.39 is 0 Å². The predicted molar refractivity (Wildman–Crippen MR) is 121 cm³/mol. The smallest absolute Gasteiger partial charge is 0.266 e. The van der Waals surface area contributed by atoms with E-state index in [9.17, 15) is 4.79 Å². The predicted octanol–water partition coefficient (Wildman–Crippen LogP) is 5.54. The second-order valence-electron chi connectivity index (χ2n) is 7.83. The molecule has 1 saturated heterocycles. The van der Waals surface area contributed by atoms with Crippen LogP contribution < -0.4 is 10.3 Å². The first kappa shape index (κ1) is 19.3. The topological polar surface area (TPSA) is 45.3 Å². The third-order valence-corrected chi connectivity index (χ3v) is 6.87. The molecule has 0 atom stereocenters. The molecular weight excluding hydrogens is 399 g/mol. The molecule has 1 aliphatic heterocycles. The van der Waals surface area contributed by atoms with Crippen LogP contribution >= 0.6 is 11.3 Å². The molecule has 1 N–H and O–H groups in total. The number of piperidine rings is 1. The maximum atomic E-state index is 15.1. The van der Waals surface area contributed by atoms with Crippen LogP contribution in [0.3, 0.4) is 0 Å². The van der Waals surface area contributed by atoms with Gasteiger partial charge in [-0.1, -0.05) is 18.6 Å². The third-order valence-electron chi connectivity index (χ3n) is 5.96. The van der Waals surface area contributed by atoms with E-state index in [0.29, 0.717) is 22.6 Å². The van der Waals surface area contributed by atoms with Crippen molar-refractivity contribution in [2.75, 3.05) is 20.2 Å². The quantitative estimate of drug-likeness (QED) is 0.469. The van der Waals surface area contributed by atoms with E-state index >= 15 is 4.39 Å². The minimum Gasteiger partial charge on any atom is -0.496 e. The number of fused-ring (bicyclic) bond motifs is 3. The second kappa shape index (κ2) is 7.85. The molecule has 2 aromatic carbocycles. The summed E-state index contributed by atoms with van der Waals surface area (Å²) in [6.07, 6.45) is 3.63. The minimum absolute atomic E-state index is 0.105. The lowest BCUT2D eigenvalue weighted by Gasteiger charge is -2.26. The van der Waals surface area contributed by atoms with Crippen molar-refractivity contribution in [2.24, 2.45) is 0 Å². The Labute approximate surface area is 177 Å². The highest BCUT2D eigenvalue weighted by atomic mass is 32.1. The van der Waals surface area contributed by atoms with E-state index in [1.54, 1.807) is 13.2 Å². The Morgan fingerprint density at radius 3 is 2.73 bits per heavy atom. The van der Waals surface area contributed by atoms with Gasteiger partial charge in [0.2, 0.25) is 0 Å². The average molecular weight is 423 g/mol. The number of benzene rings is 2. The number of nitrogens with zero attached hydrogens (tertiary/aromatic N) is 1. The number of methoxy groups -OCH3 is 1. The molecule has 0 aliphatic carbocycles. The van der Waals surface area contributed by atoms with Crippen molar-refractivity contribution in [3.05, 3.63) is 63.5 Å². The van der Waals surface area contributed by atoms with Crippen molar-refractivity contribution in [1.82, 2.24) is 9.88 Å². The highest BCUT2D eigenvalue weighted by Crippen LogP contribution is 2.40.